The highest BCUT2D eigenvalue weighted by Crippen LogP contribution is 2.22. The molecule has 0 fully saturated rings. The Morgan fingerprint density at radius 1 is 1.63 bits per heavy atom. The van der Waals surface area contributed by atoms with Crippen LogP contribution in [0, 0.1) is 0 Å². The van der Waals surface area contributed by atoms with Gasteiger partial charge in [0.15, 0.2) is 0 Å². The van der Waals surface area contributed by atoms with Crippen LogP contribution in [0.15, 0.2) is 24.3 Å². The fraction of sp³-hybridized carbons (Fsp3) is 0.538. The molecule has 0 unspecified atom stereocenters. The third-order valence-electron chi connectivity index (χ3n) is 2.88. The SMILES string of the molecule is C=CCO[C@@H]1CC(C(=O)OC)=C[C@H](N)[C@H]1NC(C)=O. The van der Waals surface area contributed by atoms with Gasteiger partial charge in [0.05, 0.1) is 25.9 Å². The standard InChI is InChI=1S/C13H20N2O4/c1-4-5-19-11-7-9(13(17)18-3)6-10(14)12(11)15-8(2)16/h4,6,10-12H,1,5,7,14H2,2-3H3,(H,15,16)/t10-,11+,12+/m0/s1. The van der Waals surface area contributed by atoms with Gasteiger partial charge in [-0.1, -0.05) is 12.2 Å². The molecule has 106 valence electrons. The van der Waals surface area contributed by atoms with Crippen LogP contribution in [0.5, 0.6) is 0 Å². The van der Waals surface area contributed by atoms with Crippen molar-refractivity contribution in [3.63, 3.8) is 0 Å². The summed E-state index contributed by atoms with van der Waals surface area (Å²) in [6.45, 7) is 5.31. The molecule has 0 bridgehead atoms. The number of carbonyl (C=O) groups excluding carboxylic acids is 2. The smallest absolute Gasteiger partial charge is 0.333 e. The third kappa shape index (κ3) is 4.18. The van der Waals surface area contributed by atoms with Gasteiger partial charge in [-0.25, -0.2) is 4.79 Å². The topological polar surface area (TPSA) is 90.7 Å². The number of amides is 1. The Bertz CT molecular complexity index is 392. The molecule has 0 aliphatic heterocycles. The summed E-state index contributed by atoms with van der Waals surface area (Å²) in [6.07, 6.45) is 3.18. The summed E-state index contributed by atoms with van der Waals surface area (Å²) in [7, 11) is 1.31. The summed E-state index contributed by atoms with van der Waals surface area (Å²) in [4.78, 5) is 22.7. The number of rotatable bonds is 5. The first-order valence-electron chi connectivity index (χ1n) is 6.03. The van der Waals surface area contributed by atoms with Gasteiger partial charge >= 0.3 is 5.97 Å². The van der Waals surface area contributed by atoms with Crippen LogP contribution in [0.2, 0.25) is 0 Å². The van der Waals surface area contributed by atoms with Crippen molar-refractivity contribution in [2.24, 2.45) is 5.73 Å². The number of methoxy groups -OCH3 is 1. The van der Waals surface area contributed by atoms with E-state index in [2.05, 4.69) is 16.6 Å². The molecule has 0 saturated carbocycles. The van der Waals surface area contributed by atoms with Crippen LogP contribution >= 0.6 is 0 Å². The van der Waals surface area contributed by atoms with E-state index in [4.69, 9.17) is 10.5 Å². The molecule has 3 N–H and O–H groups in total. The molecule has 0 aromatic heterocycles. The molecule has 0 aromatic rings. The highest BCUT2D eigenvalue weighted by Gasteiger charge is 2.34. The fourth-order valence-corrected chi connectivity index (χ4v) is 2.06. The van der Waals surface area contributed by atoms with Gasteiger partial charge in [-0.2, -0.15) is 0 Å². The normalized spacial score (nSPS) is 26.3. The van der Waals surface area contributed by atoms with E-state index in [0.29, 0.717) is 18.6 Å². The zero-order chi connectivity index (χ0) is 14.4. The van der Waals surface area contributed by atoms with E-state index >= 15 is 0 Å². The number of esters is 1. The molecule has 6 nitrogen and oxygen atoms in total. The second-order valence-electron chi connectivity index (χ2n) is 4.35. The van der Waals surface area contributed by atoms with Crippen molar-refractivity contribution in [1.29, 1.82) is 0 Å². The minimum absolute atomic E-state index is 0.192. The Labute approximate surface area is 112 Å². The molecular formula is C13H20N2O4. The highest BCUT2D eigenvalue weighted by molar-refractivity contribution is 5.89. The molecule has 1 aliphatic carbocycles. The molecule has 1 rings (SSSR count). The van der Waals surface area contributed by atoms with Gasteiger partial charge in [-0.3, -0.25) is 4.79 Å². The van der Waals surface area contributed by atoms with Crippen LogP contribution in [0.3, 0.4) is 0 Å². The predicted octanol–water partition coefficient (Wildman–Crippen LogP) is -0.107. The Kier molecular flexibility index (Phi) is 5.72. The maximum absolute atomic E-state index is 11.6. The van der Waals surface area contributed by atoms with Crippen LogP contribution in [0.25, 0.3) is 0 Å². The monoisotopic (exact) mass is 268 g/mol. The number of hydrogen-bond donors (Lipinski definition) is 2. The fourth-order valence-electron chi connectivity index (χ4n) is 2.06. The summed E-state index contributed by atoms with van der Waals surface area (Å²) in [6, 6.07) is -0.868. The summed E-state index contributed by atoms with van der Waals surface area (Å²) in [5.74, 6) is -0.619. The Morgan fingerprint density at radius 2 is 2.32 bits per heavy atom. The summed E-state index contributed by atoms with van der Waals surface area (Å²) in [5, 5.41) is 2.75. The van der Waals surface area contributed by atoms with Crippen LogP contribution in [0.4, 0.5) is 0 Å². The van der Waals surface area contributed by atoms with Crippen LogP contribution in [0.1, 0.15) is 13.3 Å². The van der Waals surface area contributed by atoms with Crippen LogP contribution in [-0.4, -0.2) is 43.8 Å². The van der Waals surface area contributed by atoms with Crippen molar-refractivity contribution in [2.75, 3.05) is 13.7 Å². The van der Waals surface area contributed by atoms with Gasteiger partial charge < -0.3 is 20.5 Å². The average Bonchev–Trinajstić information content (AvgIpc) is 2.37. The van der Waals surface area contributed by atoms with E-state index in [1.807, 2.05) is 0 Å². The predicted molar refractivity (Wildman–Crippen MR) is 70.2 cm³/mol. The summed E-state index contributed by atoms with van der Waals surface area (Å²) >= 11 is 0. The van der Waals surface area contributed by atoms with Crippen molar-refractivity contribution in [1.82, 2.24) is 5.32 Å². The van der Waals surface area contributed by atoms with Crippen molar-refractivity contribution in [3.05, 3.63) is 24.3 Å². The summed E-state index contributed by atoms with van der Waals surface area (Å²) in [5.41, 5.74) is 6.43. The second-order valence-corrected chi connectivity index (χ2v) is 4.35. The van der Waals surface area contributed by atoms with Gasteiger partial charge in [-0.05, 0) is 0 Å². The first-order valence-corrected chi connectivity index (χ1v) is 6.03. The van der Waals surface area contributed by atoms with Gasteiger partial charge in [0.25, 0.3) is 0 Å². The summed E-state index contributed by atoms with van der Waals surface area (Å²) < 4.78 is 10.3. The lowest BCUT2D eigenvalue weighted by Crippen LogP contribution is -2.56. The van der Waals surface area contributed by atoms with E-state index in [0.717, 1.165) is 0 Å². The minimum Gasteiger partial charge on any atom is -0.466 e. The molecular weight excluding hydrogens is 248 g/mol. The second kappa shape index (κ2) is 7.06. The van der Waals surface area contributed by atoms with E-state index in [9.17, 15) is 9.59 Å². The molecule has 3 atom stereocenters. The lowest BCUT2D eigenvalue weighted by molar-refractivity contribution is -0.136. The minimum atomic E-state index is -0.499. The van der Waals surface area contributed by atoms with Gasteiger partial charge in [0.1, 0.15) is 0 Å². The number of nitrogens with two attached hydrogens (primary N) is 1. The number of carbonyl (C=O) groups is 2. The van der Waals surface area contributed by atoms with E-state index in [1.54, 1.807) is 12.2 Å². The lowest BCUT2D eigenvalue weighted by Gasteiger charge is -2.34. The molecule has 19 heavy (non-hydrogen) atoms. The Hall–Kier alpha value is -1.66. The van der Waals surface area contributed by atoms with Crippen LogP contribution < -0.4 is 11.1 Å². The van der Waals surface area contributed by atoms with Gasteiger partial charge in [0.2, 0.25) is 5.91 Å². The molecule has 0 aromatic carbocycles. The van der Waals surface area contributed by atoms with Crippen LogP contribution in [-0.2, 0) is 19.1 Å². The molecule has 0 spiro atoms. The number of hydrogen-bond acceptors (Lipinski definition) is 5. The number of ether oxygens (including phenoxy) is 2. The number of nitrogens with one attached hydrogen (secondary N) is 1. The molecule has 0 heterocycles. The Balaban J connectivity index is 2.88. The molecule has 0 saturated heterocycles. The van der Waals surface area contributed by atoms with Crippen molar-refractivity contribution >= 4 is 11.9 Å². The van der Waals surface area contributed by atoms with Crippen molar-refractivity contribution in [2.45, 2.75) is 31.5 Å². The average molecular weight is 268 g/mol. The Morgan fingerprint density at radius 3 is 2.84 bits per heavy atom. The molecule has 1 amide bonds. The zero-order valence-electron chi connectivity index (χ0n) is 11.2. The van der Waals surface area contributed by atoms with Crippen molar-refractivity contribution in [3.8, 4) is 0 Å². The van der Waals surface area contributed by atoms with E-state index < -0.39 is 12.0 Å². The van der Waals surface area contributed by atoms with Gasteiger partial charge in [0, 0.05) is 25.0 Å². The maximum Gasteiger partial charge on any atom is 0.333 e. The third-order valence-corrected chi connectivity index (χ3v) is 2.88. The van der Waals surface area contributed by atoms with Crippen molar-refractivity contribution < 1.29 is 19.1 Å². The molecule has 0 radical (unpaired) electrons. The zero-order valence-corrected chi connectivity index (χ0v) is 11.2. The van der Waals surface area contributed by atoms with Gasteiger partial charge in [-0.15, -0.1) is 6.58 Å². The largest absolute Gasteiger partial charge is 0.466 e. The first kappa shape index (κ1) is 15.4. The lowest BCUT2D eigenvalue weighted by atomic mass is 9.88. The van der Waals surface area contributed by atoms with E-state index in [-0.39, 0.29) is 18.1 Å². The molecule has 1 aliphatic rings. The quantitative estimate of drug-likeness (QED) is 0.536. The molecule has 6 heteroatoms. The first-order chi connectivity index (χ1) is 8.99. The maximum atomic E-state index is 11.6. The highest BCUT2D eigenvalue weighted by atomic mass is 16.5. The van der Waals surface area contributed by atoms with E-state index in [1.165, 1.54) is 14.0 Å².